The zero-order valence-corrected chi connectivity index (χ0v) is 17.0. The van der Waals surface area contributed by atoms with Crippen LogP contribution in [0.15, 0.2) is 42.5 Å². The summed E-state index contributed by atoms with van der Waals surface area (Å²) in [6.07, 6.45) is 0.631. The summed E-state index contributed by atoms with van der Waals surface area (Å²) < 4.78 is 12.0. The van der Waals surface area contributed by atoms with Crippen molar-refractivity contribution < 1.29 is 14.3 Å². The number of fused-ring (bicyclic) bond motifs is 1. The summed E-state index contributed by atoms with van der Waals surface area (Å²) in [7, 11) is 0. The van der Waals surface area contributed by atoms with E-state index in [9.17, 15) is 4.79 Å². The van der Waals surface area contributed by atoms with Crippen molar-refractivity contribution in [2.24, 2.45) is 0 Å². The Balaban J connectivity index is 1.80. The molecule has 1 amide bonds. The van der Waals surface area contributed by atoms with E-state index in [4.69, 9.17) is 21.1 Å². The van der Waals surface area contributed by atoms with Crippen molar-refractivity contribution in [3.63, 3.8) is 0 Å². The number of benzene rings is 2. The van der Waals surface area contributed by atoms with Gasteiger partial charge in [0.15, 0.2) is 6.10 Å². The van der Waals surface area contributed by atoms with E-state index in [0.717, 1.165) is 16.9 Å². The molecule has 2 atom stereocenters. The average Bonchev–Trinajstić information content (AvgIpc) is 2.61. The second-order valence-electron chi connectivity index (χ2n) is 7.61. The molecule has 0 bridgehead atoms. The predicted octanol–water partition coefficient (Wildman–Crippen LogP) is 5.22. The first-order valence-corrected chi connectivity index (χ1v) is 9.68. The fourth-order valence-corrected chi connectivity index (χ4v) is 3.56. The molecule has 3 rings (SSSR count). The molecule has 1 aliphatic rings. The van der Waals surface area contributed by atoms with Crippen LogP contribution in [0.25, 0.3) is 0 Å². The number of carbonyl (C=O) groups excluding carboxylic acids is 1. The predicted molar refractivity (Wildman–Crippen MR) is 108 cm³/mol. The van der Waals surface area contributed by atoms with Gasteiger partial charge in [0.1, 0.15) is 17.1 Å². The van der Waals surface area contributed by atoms with E-state index in [2.05, 4.69) is 11.4 Å². The number of ether oxygens (including phenoxy) is 2. The van der Waals surface area contributed by atoms with Crippen molar-refractivity contribution in [1.82, 2.24) is 5.32 Å². The number of amides is 1. The third-order valence-corrected chi connectivity index (χ3v) is 5.02. The van der Waals surface area contributed by atoms with Gasteiger partial charge in [-0.2, -0.15) is 0 Å². The first-order chi connectivity index (χ1) is 12.8. The highest BCUT2D eigenvalue weighted by molar-refractivity contribution is 6.32. The molecule has 0 aliphatic carbocycles. The number of halogens is 1. The van der Waals surface area contributed by atoms with Crippen LogP contribution in [0.2, 0.25) is 5.02 Å². The SMILES string of the molecule is CCC(Oc1ccccc1Cl)C(=O)NC1CC(C)(C)Oc2ccc(C)cc21. The summed E-state index contributed by atoms with van der Waals surface area (Å²) in [5, 5.41) is 3.66. The molecule has 0 saturated heterocycles. The molecule has 144 valence electrons. The lowest BCUT2D eigenvalue weighted by atomic mass is 9.88. The Kier molecular flexibility index (Phi) is 5.66. The fraction of sp³-hybridized carbons (Fsp3) is 0.409. The minimum Gasteiger partial charge on any atom is -0.487 e. The average molecular weight is 388 g/mol. The van der Waals surface area contributed by atoms with Gasteiger partial charge in [-0.1, -0.05) is 48.4 Å². The van der Waals surface area contributed by atoms with Gasteiger partial charge in [-0.05, 0) is 45.4 Å². The van der Waals surface area contributed by atoms with E-state index in [-0.39, 0.29) is 17.6 Å². The Hall–Kier alpha value is -2.20. The minimum atomic E-state index is -0.607. The summed E-state index contributed by atoms with van der Waals surface area (Å²) in [4.78, 5) is 12.9. The maximum absolute atomic E-state index is 12.9. The molecule has 5 heteroatoms. The molecule has 1 heterocycles. The van der Waals surface area contributed by atoms with Crippen molar-refractivity contribution >= 4 is 17.5 Å². The van der Waals surface area contributed by atoms with Crippen LogP contribution in [0.4, 0.5) is 0 Å². The number of carbonyl (C=O) groups is 1. The third kappa shape index (κ3) is 4.56. The van der Waals surface area contributed by atoms with Crippen molar-refractivity contribution in [2.75, 3.05) is 0 Å². The molecule has 4 nitrogen and oxygen atoms in total. The molecule has 0 aromatic heterocycles. The van der Waals surface area contributed by atoms with Gasteiger partial charge in [0, 0.05) is 12.0 Å². The lowest BCUT2D eigenvalue weighted by molar-refractivity contribution is -0.129. The number of nitrogens with one attached hydrogen (secondary N) is 1. The Labute approximate surface area is 165 Å². The Morgan fingerprint density at radius 2 is 2.07 bits per heavy atom. The molecule has 1 N–H and O–H groups in total. The molecule has 27 heavy (non-hydrogen) atoms. The summed E-state index contributed by atoms with van der Waals surface area (Å²) in [5.41, 5.74) is 1.79. The summed E-state index contributed by atoms with van der Waals surface area (Å²) in [5.74, 6) is 1.19. The highest BCUT2D eigenvalue weighted by Gasteiger charge is 2.35. The molecule has 0 fully saturated rings. The fourth-order valence-electron chi connectivity index (χ4n) is 3.38. The van der Waals surface area contributed by atoms with Crippen molar-refractivity contribution in [2.45, 2.75) is 58.3 Å². The van der Waals surface area contributed by atoms with Gasteiger partial charge < -0.3 is 14.8 Å². The highest BCUT2D eigenvalue weighted by atomic mass is 35.5. The molecular formula is C22H26ClNO3. The Bertz CT molecular complexity index is 834. The van der Waals surface area contributed by atoms with Crippen LogP contribution >= 0.6 is 11.6 Å². The highest BCUT2D eigenvalue weighted by Crippen LogP contribution is 2.40. The van der Waals surface area contributed by atoms with E-state index >= 15 is 0 Å². The summed E-state index contributed by atoms with van der Waals surface area (Å²) in [6.45, 7) is 8.03. The molecule has 2 aromatic rings. The van der Waals surface area contributed by atoms with Gasteiger partial charge in [0.05, 0.1) is 11.1 Å². The third-order valence-electron chi connectivity index (χ3n) is 4.71. The van der Waals surface area contributed by atoms with Gasteiger partial charge in [0.25, 0.3) is 5.91 Å². The van der Waals surface area contributed by atoms with Crippen LogP contribution in [-0.2, 0) is 4.79 Å². The van der Waals surface area contributed by atoms with E-state index < -0.39 is 6.10 Å². The van der Waals surface area contributed by atoms with E-state index in [1.165, 1.54) is 0 Å². The van der Waals surface area contributed by atoms with Crippen molar-refractivity contribution in [3.05, 3.63) is 58.6 Å². The van der Waals surface area contributed by atoms with E-state index in [0.29, 0.717) is 23.6 Å². The number of aryl methyl sites for hydroxylation is 1. The second kappa shape index (κ2) is 7.81. The van der Waals surface area contributed by atoms with Gasteiger partial charge in [-0.15, -0.1) is 0 Å². The zero-order chi connectivity index (χ0) is 19.6. The molecule has 2 unspecified atom stereocenters. The molecule has 1 aliphatic heterocycles. The quantitative estimate of drug-likeness (QED) is 0.764. The summed E-state index contributed by atoms with van der Waals surface area (Å²) >= 11 is 6.17. The number of para-hydroxylation sites is 1. The van der Waals surface area contributed by atoms with Gasteiger partial charge in [-0.3, -0.25) is 4.79 Å². The molecule has 0 saturated carbocycles. The maximum Gasteiger partial charge on any atom is 0.261 e. The molecule has 0 spiro atoms. The normalized spacial score (nSPS) is 18.8. The molecule has 0 radical (unpaired) electrons. The van der Waals surface area contributed by atoms with Crippen LogP contribution in [-0.4, -0.2) is 17.6 Å². The van der Waals surface area contributed by atoms with Crippen molar-refractivity contribution in [1.29, 1.82) is 0 Å². The van der Waals surface area contributed by atoms with E-state index in [1.54, 1.807) is 12.1 Å². The number of hydrogen-bond donors (Lipinski definition) is 1. The molecule has 2 aromatic carbocycles. The monoisotopic (exact) mass is 387 g/mol. The lowest BCUT2D eigenvalue weighted by Crippen LogP contribution is -2.45. The topological polar surface area (TPSA) is 47.6 Å². The second-order valence-corrected chi connectivity index (χ2v) is 8.02. The zero-order valence-electron chi connectivity index (χ0n) is 16.2. The van der Waals surface area contributed by atoms with E-state index in [1.807, 2.05) is 52.0 Å². The van der Waals surface area contributed by atoms with Crippen LogP contribution in [0.3, 0.4) is 0 Å². The van der Waals surface area contributed by atoms with Crippen molar-refractivity contribution in [3.8, 4) is 11.5 Å². The summed E-state index contributed by atoms with van der Waals surface area (Å²) in [6, 6.07) is 13.1. The van der Waals surface area contributed by atoms with Crippen LogP contribution < -0.4 is 14.8 Å². The van der Waals surface area contributed by atoms with Gasteiger partial charge in [0.2, 0.25) is 0 Å². The van der Waals surface area contributed by atoms with Crippen LogP contribution in [0, 0.1) is 6.92 Å². The van der Waals surface area contributed by atoms with Crippen LogP contribution in [0.5, 0.6) is 11.5 Å². The first kappa shape index (κ1) is 19.6. The smallest absolute Gasteiger partial charge is 0.261 e. The maximum atomic E-state index is 12.9. The van der Waals surface area contributed by atoms with Crippen LogP contribution in [0.1, 0.15) is 50.8 Å². The lowest BCUT2D eigenvalue weighted by Gasteiger charge is -2.38. The minimum absolute atomic E-state index is 0.125. The number of hydrogen-bond acceptors (Lipinski definition) is 3. The van der Waals surface area contributed by atoms with Gasteiger partial charge >= 0.3 is 0 Å². The molecular weight excluding hydrogens is 362 g/mol. The van der Waals surface area contributed by atoms with Gasteiger partial charge in [-0.25, -0.2) is 0 Å². The standard InChI is InChI=1S/C22H26ClNO3/c1-5-18(26-20-9-7-6-8-16(20)23)21(25)24-17-13-22(3,4)27-19-11-10-14(2)12-15(17)19/h6-12,17-18H,5,13H2,1-4H3,(H,24,25). The largest absolute Gasteiger partial charge is 0.487 e. The Morgan fingerprint density at radius 3 is 2.78 bits per heavy atom. The first-order valence-electron chi connectivity index (χ1n) is 9.30. The Morgan fingerprint density at radius 1 is 1.33 bits per heavy atom. The number of rotatable bonds is 5.